The monoisotopic (exact) mass is 275 g/mol. The molecule has 0 fully saturated rings. The average molecular weight is 275 g/mol. The first kappa shape index (κ1) is 17.7. The summed E-state index contributed by atoms with van der Waals surface area (Å²) < 4.78 is 5.06. The number of alkyl carbamates (subject to hydrolysis) is 1. The predicted octanol–water partition coefficient (Wildman–Crippen LogP) is -0.145. The molecule has 6 N–H and O–H groups in total. The van der Waals surface area contributed by atoms with E-state index in [-0.39, 0.29) is 0 Å². The van der Waals surface area contributed by atoms with Crippen LogP contribution in [0, 0.1) is 0 Å². The summed E-state index contributed by atoms with van der Waals surface area (Å²) in [7, 11) is 0. The molecule has 0 aliphatic carbocycles. The maximum absolute atomic E-state index is 11.3. The van der Waals surface area contributed by atoms with E-state index in [4.69, 9.17) is 16.2 Å². The Hall–Kier alpha value is -1.34. The van der Waals surface area contributed by atoms with Crippen molar-refractivity contribution in [2.24, 2.45) is 11.5 Å². The highest BCUT2D eigenvalue weighted by molar-refractivity contribution is 5.79. The summed E-state index contributed by atoms with van der Waals surface area (Å²) in [4.78, 5) is 22.0. The summed E-state index contributed by atoms with van der Waals surface area (Å²) in [6.45, 7) is 5.82. The first-order valence-corrected chi connectivity index (χ1v) is 6.33. The zero-order valence-electron chi connectivity index (χ0n) is 11.8. The van der Waals surface area contributed by atoms with Crippen molar-refractivity contribution in [3.63, 3.8) is 0 Å². The normalized spacial score (nSPS) is 14.6. The van der Waals surface area contributed by atoms with Crippen molar-refractivity contribution in [3.05, 3.63) is 0 Å². The topological polar surface area (TPSA) is 128 Å². The number of nitrogens with two attached hydrogens (primary N) is 2. The van der Waals surface area contributed by atoms with Gasteiger partial charge in [-0.1, -0.05) is 6.42 Å². The fraction of sp³-hybridized carbons (Fsp3) is 0.833. The lowest BCUT2D eigenvalue weighted by atomic mass is 10.0. The van der Waals surface area contributed by atoms with Gasteiger partial charge in [-0.15, -0.1) is 0 Å². The zero-order valence-corrected chi connectivity index (χ0v) is 11.8. The molecule has 0 aromatic carbocycles. The first-order valence-electron chi connectivity index (χ1n) is 6.33. The van der Waals surface area contributed by atoms with Gasteiger partial charge in [-0.05, 0) is 33.6 Å². The third-order valence-corrected chi connectivity index (χ3v) is 2.33. The largest absolute Gasteiger partial charge is 0.444 e. The van der Waals surface area contributed by atoms with Crippen LogP contribution in [0.2, 0.25) is 0 Å². The molecular weight excluding hydrogens is 250 g/mol. The number of aliphatic hydroxyl groups excluding tert-OH is 1. The minimum absolute atomic E-state index is 0.453. The lowest BCUT2D eigenvalue weighted by molar-refractivity contribution is -0.127. The van der Waals surface area contributed by atoms with Crippen LogP contribution in [0.25, 0.3) is 0 Å². The van der Waals surface area contributed by atoms with E-state index in [2.05, 4.69) is 5.32 Å². The summed E-state index contributed by atoms with van der Waals surface area (Å²) >= 11 is 0. The molecule has 0 heterocycles. The fourth-order valence-electron chi connectivity index (χ4n) is 1.38. The number of unbranched alkanes of at least 4 members (excludes halogenated alkanes) is 1. The van der Waals surface area contributed by atoms with E-state index in [0.717, 1.165) is 0 Å². The van der Waals surface area contributed by atoms with Crippen molar-refractivity contribution < 1.29 is 19.4 Å². The van der Waals surface area contributed by atoms with Crippen molar-refractivity contribution in [3.8, 4) is 0 Å². The lowest BCUT2D eigenvalue weighted by Crippen LogP contribution is -2.44. The molecule has 0 saturated heterocycles. The number of carbonyl (C=O) groups excluding carboxylic acids is 2. The van der Waals surface area contributed by atoms with E-state index in [0.29, 0.717) is 25.8 Å². The molecule has 0 saturated carbocycles. The number of carbonyl (C=O) groups is 2. The van der Waals surface area contributed by atoms with Crippen LogP contribution in [-0.4, -0.2) is 41.4 Å². The average Bonchev–Trinajstić information content (AvgIpc) is 2.24. The van der Waals surface area contributed by atoms with Crippen molar-refractivity contribution in [1.29, 1.82) is 0 Å². The number of amides is 2. The molecule has 7 heteroatoms. The predicted molar refractivity (Wildman–Crippen MR) is 71.3 cm³/mol. The van der Waals surface area contributed by atoms with Crippen molar-refractivity contribution in [1.82, 2.24) is 5.32 Å². The minimum atomic E-state index is -1.32. The summed E-state index contributed by atoms with van der Waals surface area (Å²) in [5.41, 5.74) is 9.99. The van der Waals surface area contributed by atoms with E-state index in [1.54, 1.807) is 20.8 Å². The van der Waals surface area contributed by atoms with Crippen LogP contribution in [0.1, 0.15) is 40.0 Å². The van der Waals surface area contributed by atoms with E-state index in [1.165, 1.54) is 0 Å². The number of primary amides is 1. The van der Waals surface area contributed by atoms with Crippen LogP contribution in [0.15, 0.2) is 0 Å². The second kappa shape index (κ2) is 7.96. The van der Waals surface area contributed by atoms with Crippen LogP contribution in [0.4, 0.5) is 4.79 Å². The quantitative estimate of drug-likeness (QED) is 0.481. The molecule has 7 nitrogen and oxygen atoms in total. The molecule has 0 spiro atoms. The Morgan fingerprint density at radius 3 is 2.37 bits per heavy atom. The second-order valence-electron chi connectivity index (χ2n) is 5.44. The number of hydrogen-bond donors (Lipinski definition) is 4. The number of aliphatic hydroxyl groups is 1. The Bertz CT molecular complexity index is 302. The smallest absolute Gasteiger partial charge is 0.407 e. The van der Waals surface area contributed by atoms with Crippen LogP contribution in [-0.2, 0) is 9.53 Å². The van der Waals surface area contributed by atoms with Gasteiger partial charge >= 0.3 is 6.09 Å². The summed E-state index contributed by atoms with van der Waals surface area (Å²) in [6, 6.07) is -0.668. The van der Waals surface area contributed by atoms with Crippen LogP contribution >= 0.6 is 0 Å². The van der Waals surface area contributed by atoms with Crippen molar-refractivity contribution >= 4 is 12.0 Å². The van der Waals surface area contributed by atoms with Gasteiger partial charge in [0.25, 0.3) is 0 Å². The number of nitrogens with one attached hydrogen (secondary N) is 1. The van der Waals surface area contributed by atoms with E-state index in [1.807, 2.05) is 0 Å². The Balaban J connectivity index is 3.66. The van der Waals surface area contributed by atoms with Crippen molar-refractivity contribution in [2.45, 2.75) is 57.8 Å². The number of hydrogen-bond acceptors (Lipinski definition) is 5. The SMILES string of the molecule is CC(C)(C)OC(=O)NCCCC[C@H](N)C(O)C(N)=O. The molecule has 0 aliphatic rings. The molecule has 0 aromatic heterocycles. The van der Waals surface area contributed by atoms with Gasteiger partial charge in [0, 0.05) is 12.6 Å². The second-order valence-corrected chi connectivity index (χ2v) is 5.44. The maximum atomic E-state index is 11.3. The third kappa shape index (κ3) is 9.26. The molecule has 0 bridgehead atoms. The molecule has 1 unspecified atom stereocenters. The summed E-state index contributed by atoms with van der Waals surface area (Å²) in [5, 5.41) is 11.9. The Labute approximate surface area is 113 Å². The van der Waals surface area contributed by atoms with Gasteiger partial charge in [0.05, 0.1) is 0 Å². The summed E-state index contributed by atoms with van der Waals surface area (Å²) in [6.07, 6.45) is 0.0209. The molecule has 0 radical (unpaired) electrons. The molecule has 19 heavy (non-hydrogen) atoms. The number of rotatable bonds is 7. The van der Waals surface area contributed by atoms with Gasteiger partial charge in [-0.3, -0.25) is 4.79 Å². The van der Waals surface area contributed by atoms with Gasteiger partial charge in [-0.2, -0.15) is 0 Å². The van der Waals surface area contributed by atoms with E-state index < -0.39 is 29.7 Å². The zero-order chi connectivity index (χ0) is 15.1. The van der Waals surface area contributed by atoms with E-state index in [9.17, 15) is 14.7 Å². The van der Waals surface area contributed by atoms with Gasteiger partial charge in [0.15, 0.2) is 0 Å². The Morgan fingerprint density at radius 2 is 1.89 bits per heavy atom. The minimum Gasteiger partial charge on any atom is -0.444 e. The Kier molecular flexibility index (Phi) is 7.40. The van der Waals surface area contributed by atoms with Gasteiger partial charge < -0.3 is 26.6 Å². The molecule has 2 amide bonds. The highest BCUT2D eigenvalue weighted by atomic mass is 16.6. The number of ether oxygens (including phenoxy) is 1. The van der Waals surface area contributed by atoms with Gasteiger partial charge in [0.2, 0.25) is 5.91 Å². The lowest BCUT2D eigenvalue weighted by Gasteiger charge is -2.19. The van der Waals surface area contributed by atoms with Crippen LogP contribution in [0.3, 0.4) is 0 Å². The highest BCUT2D eigenvalue weighted by Crippen LogP contribution is 2.07. The van der Waals surface area contributed by atoms with Crippen LogP contribution in [0.5, 0.6) is 0 Å². The van der Waals surface area contributed by atoms with Crippen molar-refractivity contribution in [2.75, 3.05) is 6.54 Å². The standard InChI is InChI=1S/C12H25N3O4/c1-12(2,3)19-11(18)15-7-5-4-6-8(13)9(16)10(14)17/h8-9,16H,4-7,13H2,1-3H3,(H2,14,17)(H,15,18)/t8-,9?/m0/s1. The van der Waals surface area contributed by atoms with Gasteiger partial charge in [-0.25, -0.2) is 4.79 Å². The first-order chi connectivity index (χ1) is 8.63. The van der Waals surface area contributed by atoms with Crippen LogP contribution < -0.4 is 16.8 Å². The Morgan fingerprint density at radius 1 is 1.32 bits per heavy atom. The fourth-order valence-corrected chi connectivity index (χ4v) is 1.38. The van der Waals surface area contributed by atoms with Gasteiger partial charge in [0.1, 0.15) is 11.7 Å². The highest BCUT2D eigenvalue weighted by Gasteiger charge is 2.19. The molecule has 0 aromatic rings. The third-order valence-electron chi connectivity index (χ3n) is 2.33. The maximum Gasteiger partial charge on any atom is 0.407 e. The van der Waals surface area contributed by atoms with E-state index >= 15 is 0 Å². The summed E-state index contributed by atoms with van der Waals surface area (Å²) in [5.74, 6) is -0.820. The molecule has 0 rings (SSSR count). The molecule has 0 aliphatic heterocycles. The molecule has 112 valence electrons. The molecule has 2 atom stereocenters. The molecular formula is C12H25N3O4.